The van der Waals surface area contributed by atoms with E-state index in [2.05, 4.69) is 4.79 Å². The molecule has 1 amide bonds. The second kappa shape index (κ2) is 7.84. The molecule has 1 saturated heterocycles. The van der Waals surface area contributed by atoms with Crippen LogP contribution in [0, 0.1) is 10.6 Å². The standard InChI is InChI=1S/C16H19N3O8S/c1-8(20)25-6-9-12(14(22)26-7-27-15(23)16(2,3)4)19(24)10(21)5-11(19)28-13(9)18-17/h11H,5-7H2,1-4H3/t11-,19?/m1/s1. The summed E-state index contributed by atoms with van der Waals surface area (Å²) in [6.07, 6.45) is -0.135. The molecular formula is C16H19N3O8S. The zero-order chi connectivity index (χ0) is 21.3. The van der Waals surface area contributed by atoms with Gasteiger partial charge < -0.3 is 24.9 Å². The van der Waals surface area contributed by atoms with E-state index in [4.69, 9.17) is 14.2 Å². The topological polar surface area (TPSA) is 155 Å². The Bertz CT molecular complexity index is 824. The van der Waals surface area contributed by atoms with Crippen molar-refractivity contribution in [1.29, 1.82) is 0 Å². The first-order valence-electron chi connectivity index (χ1n) is 8.16. The Morgan fingerprint density at radius 2 is 1.93 bits per heavy atom. The first-order valence-corrected chi connectivity index (χ1v) is 9.04. The van der Waals surface area contributed by atoms with Crippen LogP contribution in [-0.4, -0.2) is 57.1 Å². The smallest absolute Gasteiger partial charge is 0.397 e. The van der Waals surface area contributed by atoms with E-state index >= 15 is 0 Å². The quantitative estimate of drug-likeness (QED) is 0.121. The molecule has 0 aliphatic carbocycles. The van der Waals surface area contributed by atoms with Crippen LogP contribution in [0.25, 0.3) is 5.53 Å². The maximum Gasteiger partial charge on any atom is 0.397 e. The van der Waals surface area contributed by atoms with Gasteiger partial charge in [-0.1, -0.05) is 0 Å². The Morgan fingerprint density at radius 1 is 1.29 bits per heavy atom. The lowest BCUT2D eigenvalue weighted by Crippen LogP contribution is -2.67. The Hall–Kier alpha value is -2.53. The number of amides is 1. The summed E-state index contributed by atoms with van der Waals surface area (Å²) >= 11 is 0.793. The molecule has 0 radical (unpaired) electrons. The van der Waals surface area contributed by atoms with Gasteiger partial charge in [-0.05, 0) is 20.8 Å². The van der Waals surface area contributed by atoms with E-state index in [1.54, 1.807) is 20.8 Å². The van der Waals surface area contributed by atoms with Crippen LogP contribution in [0.4, 0.5) is 0 Å². The first-order chi connectivity index (χ1) is 12.9. The van der Waals surface area contributed by atoms with Crippen molar-refractivity contribution < 1.29 is 42.8 Å². The predicted octanol–water partition coefficient (Wildman–Crippen LogP) is 0.840. The van der Waals surface area contributed by atoms with E-state index < -0.39 is 58.3 Å². The molecule has 1 fully saturated rings. The lowest BCUT2D eigenvalue weighted by atomic mass is 9.98. The second-order valence-corrected chi connectivity index (χ2v) is 8.24. The number of hydrogen-bond donors (Lipinski definition) is 0. The average Bonchev–Trinajstić information content (AvgIpc) is 2.60. The normalized spacial score (nSPS) is 24.0. The summed E-state index contributed by atoms with van der Waals surface area (Å²) < 4.78 is 12.9. The van der Waals surface area contributed by atoms with Crippen molar-refractivity contribution in [2.45, 2.75) is 39.5 Å². The van der Waals surface area contributed by atoms with E-state index in [9.17, 15) is 29.9 Å². The molecule has 0 aromatic rings. The number of ether oxygens (including phenoxy) is 3. The third kappa shape index (κ3) is 3.99. The molecule has 0 N–H and O–H groups in total. The van der Waals surface area contributed by atoms with Crippen LogP contribution in [0.5, 0.6) is 0 Å². The number of carbonyl (C=O) groups is 4. The molecule has 2 atom stereocenters. The summed E-state index contributed by atoms with van der Waals surface area (Å²) in [6, 6.07) is 0. The van der Waals surface area contributed by atoms with Gasteiger partial charge >= 0.3 is 28.9 Å². The summed E-state index contributed by atoms with van der Waals surface area (Å²) in [5.74, 6) is -3.39. The largest absolute Gasteiger partial charge is 0.619 e. The van der Waals surface area contributed by atoms with Crippen molar-refractivity contribution in [3.05, 3.63) is 22.0 Å². The third-order valence-electron chi connectivity index (χ3n) is 3.95. The van der Waals surface area contributed by atoms with Gasteiger partial charge in [0.25, 0.3) is 0 Å². The van der Waals surface area contributed by atoms with Gasteiger partial charge in [0, 0.05) is 18.7 Å². The maximum absolute atomic E-state index is 13.0. The average molecular weight is 413 g/mol. The zero-order valence-electron chi connectivity index (χ0n) is 15.7. The lowest BCUT2D eigenvalue weighted by Gasteiger charge is -2.52. The van der Waals surface area contributed by atoms with Crippen LogP contribution in [-0.2, 0) is 33.4 Å². The number of β-lactam (4-membered cyclic amide) rings is 1. The summed E-state index contributed by atoms with van der Waals surface area (Å²) in [5.41, 5.74) is 7.47. The molecule has 12 heteroatoms. The van der Waals surface area contributed by atoms with Crippen molar-refractivity contribution in [2.75, 3.05) is 13.4 Å². The Kier molecular flexibility index (Phi) is 6.09. The number of carbonyl (C=O) groups excluding carboxylic acids is 4. The number of quaternary nitrogens is 1. The second-order valence-electron chi connectivity index (χ2n) is 7.07. The molecule has 0 saturated carbocycles. The van der Waals surface area contributed by atoms with Crippen molar-refractivity contribution in [3.8, 4) is 0 Å². The number of hydroxylamine groups is 3. The van der Waals surface area contributed by atoms with E-state index in [0.717, 1.165) is 18.7 Å². The van der Waals surface area contributed by atoms with E-state index in [-0.39, 0.29) is 17.0 Å². The molecule has 28 heavy (non-hydrogen) atoms. The van der Waals surface area contributed by atoms with Crippen molar-refractivity contribution in [2.24, 2.45) is 5.41 Å². The lowest BCUT2D eigenvalue weighted by molar-refractivity contribution is -0.801. The van der Waals surface area contributed by atoms with Crippen molar-refractivity contribution in [3.63, 3.8) is 0 Å². The van der Waals surface area contributed by atoms with Gasteiger partial charge in [0.05, 0.1) is 5.41 Å². The highest BCUT2D eigenvalue weighted by molar-refractivity contribution is 8.14. The number of nitrogens with zero attached hydrogens (tertiary/aromatic N) is 3. The highest BCUT2D eigenvalue weighted by atomic mass is 32.2. The highest BCUT2D eigenvalue weighted by Crippen LogP contribution is 2.47. The van der Waals surface area contributed by atoms with Crippen LogP contribution in [0.2, 0.25) is 0 Å². The molecule has 0 spiro atoms. The fourth-order valence-corrected chi connectivity index (χ4v) is 3.62. The van der Waals surface area contributed by atoms with Crippen molar-refractivity contribution in [1.82, 2.24) is 0 Å². The van der Waals surface area contributed by atoms with E-state index in [1.165, 1.54) is 0 Å². The van der Waals surface area contributed by atoms with E-state index in [0.29, 0.717) is 0 Å². The summed E-state index contributed by atoms with van der Waals surface area (Å²) in [5, 5.41) is 12.0. The SMILES string of the molecule is CC(=O)OCC1=C(C(=O)OCOC(=O)C(C)(C)C)[N+]2([O-])C(=O)C[C@H]2SC1=[N+]=[N-]. The van der Waals surface area contributed by atoms with Crippen LogP contribution in [0.15, 0.2) is 11.3 Å². The van der Waals surface area contributed by atoms with Gasteiger partial charge in [0.2, 0.25) is 12.5 Å². The summed E-state index contributed by atoms with van der Waals surface area (Å²) in [7, 11) is 0. The minimum atomic E-state index is -1.63. The zero-order valence-corrected chi connectivity index (χ0v) is 16.5. The molecule has 152 valence electrons. The van der Waals surface area contributed by atoms with Gasteiger partial charge in [-0.25, -0.2) is 14.2 Å². The molecule has 0 aromatic heterocycles. The molecule has 11 nitrogen and oxygen atoms in total. The molecule has 2 aliphatic rings. The fraction of sp³-hybridized carbons (Fsp3) is 0.562. The van der Waals surface area contributed by atoms with Crippen molar-refractivity contribution >= 4 is 40.6 Å². The first kappa shape index (κ1) is 21.8. The minimum Gasteiger partial charge on any atom is -0.619 e. The van der Waals surface area contributed by atoms with Gasteiger partial charge in [0.15, 0.2) is 10.9 Å². The van der Waals surface area contributed by atoms with Gasteiger partial charge in [-0.3, -0.25) is 9.59 Å². The Morgan fingerprint density at radius 3 is 2.43 bits per heavy atom. The number of rotatable bonds is 5. The molecule has 2 rings (SSSR count). The van der Waals surface area contributed by atoms with Crippen LogP contribution in [0.1, 0.15) is 34.1 Å². The van der Waals surface area contributed by atoms with Gasteiger partial charge in [0.1, 0.15) is 13.0 Å². The molecule has 0 aromatic carbocycles. The number of fused-ring (bicyclic) bond motifs is 1. The summed E-state index contributed by atoms with van der Waals surface area (Å²) in [4.78, 5) is 50.5. The summed E-state index contributed by atoms with van der Waals surface area (Å²) in [6.45, 7) is 4.55. The van der Waals surface area contributed by atoms with Crippen LogP contribution >= 0.6 is 11.8 Å². The monoisotopic (exact) mass is 413 g/mol. The minimum absolute atomic E-state index is 0.135. The van der Waals surface area contributed by atoms with Crippen LogP contribution < -0.4 is 0 Å². The molecule has 0 bridgehead atoms. The fourth-order valence-electron chi connectivity index (χ4n) is 2.42. The molecular weight excluding hydrogens is 394 g/mol. The molecule has 2 aliphatic heterocycles. The maximum atomic E-state index is 13.0. The number of esters is 3. The third-order valence-corrected chi connectivity index (χ3v) is 5.23. The van der Waals surface area contributed by atoms with Gasteiger partial charge in [-0.15, -0.1) is 0 Å². The van der Waals surface area contributed by atoms with E-state index in [1.807, 2.05) is 0 Å². The highest BCUT2D eigenvalue weighted by Gasteiger charge is 2.62. The van der Waals surface area contributed by atoms with Crippen LogP contribution in [0.3, 0.4) is 0 Å². The number of hydrogen-bond acceptors (Lipinski definition) is 9. The Labute approximate surface area is 164 Å². The molecule has 2 heterocycles. The Balaban J connectivity index is 2.33. The van der Waals surface area contributed by atoms with Gasteiger partial charge in [-0.2, -0.15) is 4.79 Å². The predicted molar refractivity (Wildman–Crippen MR) is 93.4 cm³/mol. The number of thioether (sulfide) groups is 1. The molecule has 1 unspecified atom stereocenters.